The maximum absolute atomic E-state index is 12.2. The van der Waals surface area contributed by atoms with Crippen molar-refractivity contribution in [2.24, 2.45) is 7.05 Å². The van der Waals surface area contributed by atoms with Crippen LogP contribution >= 0.6 is 0 Å². The number of carbonyl (C=O) groups is 2. The quantitative estimate of drug-likeness (QED) is 0.758. The number of aryl methyl sites for hydroxylation is 1. The molecule has 2 heterocycles. The van der Waals surface area contributed by atoms with Gasteiger partial charge in [0.15, 0.2) is 0 Å². The third-order valence-electron chi connectivity index (χ3n) is 3.90. The van der Waals surface area contributed by atoms with Crippen molar-refractivity contribution in [3.63, 3.8) is 0 Å². The first kappa shape index (κ1) is 15.3. The van der Waals surface area contributed by atoms with Crippen LogP contribution < -0.4 is 16.5 Å². The van der Waals surface area contributed by atoms with Crippen molar-refractivity contribution < 1.29 is 14.3 Å². The van der Waals surface area contributed by atoms with Crippen molar-refractivity contribution in [2.45, 2.75) is 25.5 Å². The molecule has 0 saturated carbocycles. The summed E-state index contributed by atoms with van der Waals surface area (Å²) in [6.07, 6.45) is 0.956. The molecule has 1 aliphatic heterocycles. The maximum atomic E-state index is 12.2. The van der Waals surface area contributed by atoms with Gasteiger partial charge >= 0.3 is 5.69 Å². The Morgan fingerprint density at radius 1 is 1.26 bits per heavy atom. The standard InChI is InChI=1S/C15H18N4O4/c1-18-10-5-2-3-6-11(10)19(15(18)22)9-13(20)16-17-14(21)12-7-4-8-23-12/h2-3,5-6,12H,4,7-9H2,1H3,(H,16,20)(H,17,21). The van der Waals surface area contributed by atoms with E-state index in [0.29, 0.717) is 18.5 Å². The summed E-state index contributed by atoms with van der Waals surface area (Å²) in [5.41, 5.74) is 5.78. The minimum atomic E-state index is -0.518. The molecule has 0 radical (unpaired) electrons. The van der Waals surface area contributed by atoms with Crippen LogP contribution in [-0.4, -0.2) is 33.7 Å². The molecule has 1 aromatic heterocycles. The third kappa shape index (κ3) is 2.98. The summed E-state index contributed by atoms with van der Waals surface area (Å²) in [5.74, 6) is -0.851. The molecule has 23 heavy (non-hydrogen) atoms. The number of aromatic nitrogens is 2. The lowest BCUT2D eigenvalue weighted by atomic mass is 10.2. The monoisotopic (exact) mass is 318 g/mol. The van der Waals surface area contributed by atoms with Gasteiger partial charge in [-0.2, -0.15) is 0 Å². The van der Waals surface area contributed by atoms with E-state index in [1.165, 1.54) is 9.13 Å². The van der Waals surface area contributed by atoms with Crippen LogP contribution in [0.5, 0.6) is 0 Å². The second kappa shape index (κ2) is 6.25. The zero-order valence-electron chi connectivity index (χ0n) is 12.7. The fourth-order valence-electron chi connectivity index (χ4n) is 2.70. The summed E-state index contributed by atoms with van der Waals surface area (Å²) >= 11 is 0. The third-order valence-corrected chi connectivity index (χ3v) is 3.90. The van der Waals surface area contributed by atoms with E-state index in [1.807, 2.05) is 12.1 Å². The first-order valence-corrected chi connectivity index (χ1v) is 7.42. The van der Waals surface area contributed by atoms with E-state index in [9.17, 15) is 14.4 Å². The van der Waals surface area contributed by atoms with Gasteiger partial charge in [0.2, 0.25) is 0 Å². The van der Waals surface area contributed by atoms with Crippen LogP contribution in [0.4, 0.5) is 0 Å². The molecule has 122 valence electrons. The highest BCUT2D eigenvalue weighted by Gasteiger charge is 2.23. The number of nitrogens with zero attached hydrogens (tertiary/aromatic N) is 2. The molecule has 1 atom stereocenters. The highest BCUT2D eigenvalue weighted by molar-refractivity contribution is 5.85. The molecule has 0 spiro atoms. The Balaban J connectivity index is 1.67. The number of amides is 2. The fourth-order valence-corrected chi connectivity index (χ4v) is 2.70. The molecule has 1 aromatic carbocycles. The molecule has 1 saturated heterocycles. The van der Waals surface area contributed by atoms with E-state index < -0.39 is 12.0 Å². The molecule has 1 aliphatic rings. The number of rotatable bonds is 3. The van der Waals surface area contributed by atoms with Gasteiger partial charge < -0.3 is 4.74 Å². The lowest BCUT2D eigenvalue weighted by Gasteiger charge is -2.11. The highest BCUT2D eigenvalue weighted by Crippen LogP contribution is 2.12. The van der Waals surface area contributed by atoms with E-state index in [-0.39, 0.29) is 18.1 Å². The number of hydrazine groups is 1. The minimum Gasteiger partial charge on any atom is -0.368 e. The molecule has 8 heteroatoms. The predicted molar refractivity (Wildman–Crippen MR) is 82.4 cm³/mol. The Morgan fingerprint density at radius 3 is 2.70 bits per heavy atom. The van der Waals surface area contributed by atoms with Gasteiger partial charge in [-0.05, 0) is 25.0 Å². The largest absolute Gasteiger partial charge is 0.368 e. The summed E-state index contributed by atoms with van der Waals surface area (Å²) in [6, 6.07) is 7.21. The Bertz CT molecular complexity index is 801. The maximum Gasteiger partial charge on any atom is 0.329 e. The van der Waals surface area contributed by atoms with Gasteiger partial charge in [0.25, 0.3) is 11.8 Å². The SMILES string of the molecule is Cn1c(=O)n(CC(=O)NNC(=O)C2CCCO2)c2ccccc21. The number of benzene rings is 1. The summed E-state index contributed by atoms with van der Waals surface area (Å²) in [4.78, 5) is 36.0. The van der Waals surface area contributed by atoms with E-state index in [2.05, 4.69) is 10.9 Å². The Hall–Kier alpha value is -2.61. The first-order valence-electron chi connectivity index (χ1n) is 7.42. The van der Waals surface area contributed by atoms with Crippen LogP contribution in [-0.2, 0) is 27.9 Å². The van der Waals surface area contributed by atoms with Gasteiger partial charge in [-0.3, -0.25) is 29.6 Å². The molecule has 3 rings (SSSR count). The van der Waals surface area contributed by atoms with Gasteiger partial charge in [-0.1, -0.05) is 12.1 Å². The smallest absolute Gasteiger partial charge is 0.329 e. The fraction of sp³-hybridized carbons (Fsp3) is 0.400. The summed E-state index contributed by atoms with van der Waals surface area (Å²) in [7, 11) is 1.65. The molecule has 0 aliphatic carbocycles. The Kier molecular flexibility index (Phi) is 4.16. The number of imidazole rings is 1. The summed E-state index contributed by atoms with van der Waals surface area (Å²) < 4.78 is 8.07. The van der Waals surface area contributed by atoms with Gasteiger partial charge in [0, 0.05) is 13.7 Å². The second-order valence-electron chi connectivity index (χ2n) is 5.46. The van der Waals surface area contributed by atoms with Crippen molar-refractivity contribution in [2.75, 3.05) is 6.61 Å². The lowest BCUT2D eigenvalue weighted by Crippen LogP contribution is -2.47. The zero-order chi connectivity index (χ0) is 16.4. The number of carbonyl (C=O) groups excluding carboxylic acids is 2. The molecule has 1 fully saturated rings. The second-order valence-corrected chi connectivity index (χ2v) is 5.46. The van der Waals surface area contributed by atoms with Crippen LogP contribution in [0.25, 0.3) is 11.0 Å². The van der Waals surface area contributed by atoms with E-state index >= 15 is 0 Å². The molecular weight excluding hydrogens is 300 g/mol. The van der Waals surface area contributed by atoms with Crippen LogP contribution in [0.2, 0.25) is 0 Å². The minimum absolute atomic E-state index is 0.175. The molecule has 1 unspecified atom stereocenters. The van der Waals surface area contributed by atoms with Crippen molar-refractivity contribution in [3.05, 3.63) is 34.7 Å². The molecular formula is C15H18N4O4. The summed E-state index contributed by atoms with van der Waals surface area (Å²) in [6.45, 7) is 0.378. The van der Waals surface area contributed by atoms with Crippen LogP contribution in [0.1, 0.15) is 12.8 Å². The van der Waals surface area contributed by atoms with Crippen molar-refractivity contribution in [1.82, 2.24) is 20.0 Å². The average molecular weight is 318 g/mol. The van der Waals surface area contributed by atoms with Crippen LogP contribution in [0.3, 0.4) is 0 Å². The van der Waals surface area contributed by atoms with E-state index in [0.717, 1.165) is 11.9 Å². The Morgan fingerprint density at radius 2 is 2.00 bits per heavy atom. The molecule has 8 nitrogen and oxygen atoms in total. The zero-order valence-corrected chi connectivity index (χ0v) is 12.7. The number of hydrogen-bond acceptors (Lipinski definition) is 4. The van der Waals surface area contributed by atoms with Crippen molar-refractivity contribution >= 4 is 22.8 Å². The molecule has 2 N–H and O–H groups in total. The number of para-hydroxylation sites is 2. The van der Waals surface area contributed by atoms with Crippen LogP contribution in [0.15, 0.2) is 29.1 Å². The Labute approximate surface area is 132 Å². The molecule has 0 bridgehead atoms. The van der Waals surface area contributed by atoms with Gasteiger partial charge in [0.05, 0.1) is 11.0 Å². The molecule has 2 amide bonds. The van der Waals surface area contributed by atoms with Crippen LogP contribution in [0, 0.1) is 0 Å². The number of nitrogens with one attached hydrogen (secondary N) is 2. The van der Waals surface area contributed by atoms with Gasteiger partial charge in [-0.15, -0.1) is 0 Å². The van der Waals surface area contributed by atoms with Gasteiger partial charge in [0.1, 0.15) is 12.6 Å². The van der Waals surface area contributed by atoms with Crippen molar-refractivity contribution in [1.29, 1.82) is 0 Å². The molecule has 2 aromatic rings. The predicted octanol–water partition coefficient (Wildman–Crippen LogP) is -0.334. The van der Waals surface area contributed by atoms with Gasteiger partial charge in [-0.25, -0.2) is 4.79 Å². The average Bonchev–Trinajstić information content (AvgIpc) is 3.17. The highest BCUT2D eigenvalue weighted by atomic mass is 16.5. The topological polar surface area (TPSA) is 94.4 Å². The number of fused-ring (bicyclic) bond motifs is 1. The lowest BCUT2D eigenvalue weighted by molar-refractivity contribution is -0.135. The van der Waals surface area contributed by atoms with E-state index in [4.69, 9.17) is 4.74 Å². The number of ether oxygens (including phenoxy) is 1. The first-order chi connectivity index (χ1) is 11.1. The normalized spacial score (nSPS) is 17.3. The van der Waals surface area contributed by atoms with E-state index in [1.54, 1.807) is 19.2 Å². The summed E-state index contributed by atoms with van der Waals surface area (Å²) in [5, 5.41) is 0. The number of hydrogen-bond donors (Lipinski definition) is 2. The van der Waals surface area contributed by atoms with Crippen molar-refractivity contribution in [3.8, 4) is 0 Å².